The van der Waals surface area contributed by atoms with Crippen LogP contribution in [-0.2, 0) is 4.79 Å². The number of hydrogen-bond acceptors (Lipinski definition) is 4. The highest BCUT2D eigenvalue weighted by Gasteiger charge is 2.13. The van der Waals surface area contributed by atoms with E-state index < -0.39 is 5.97 Å². The first-order valence-corrected chi connectivity index (χ1v) is 9.85. The summed E-state index contributed by atoms with van der Waals surface area (Å²) >= 11 is 0. The number of imidazole rings is 1. The van der Waals surface area contributed by atoms with E-state index in [-0.39, 0.29) is 6.42 Å². The van der Waals surface area contributed by atoms with Gasteiger partial charge in [0.2, 0.25) is 5.95 Å². The fourth-order valence-corrected chi connectivity index (χ4v) is 3.08. The van der Waals surface area contributed by atoms with E-state index in [0.29, 0.717) is 13.0 Å². The van der Waals surface area contributed by atoms with Crippen molar-refractivity contribution in [3.63, 3.8) is 0 Å². The van der Waals surface area contributed by atoms with E-state index in [4.69, 9.17) is 14.8 Å². The van der Waals surface area contributed by atoms with Gasteiger partial charge in [0.25, 0.3) is 0 Å². The zero-order valence-corrected chi connectivity index (χ0v) is 16.2. The van der Waals surface area contributed by atoms with E-state index in [2.05, 4.69) is 28.9 Å². The van der Waals surface area contributed by atoms with Gasteiger partial charge in [-0.1, -0.05) is 25.1 Å². The maximum absolute atomic E-state index is 10.5. The number of carbonyl (C=O) groups is 1. The molecule has 28 heavy (non-hydrogen) atoms. The van der Waals surface area contributed by atoms with E-state index >= 15 is 0 Å². The van der Waals surface area contributed by atoms with E-state index in [1.165, 1.54) is 0 Å². The molecular weight excluding hydrogens is 354 g/mol. The number of benzene rings is 2. The molecule has 1 aromatic heterocycles. The van der Waals surface area contributed by atoms with E-state index in [0.717, 1.165) is 54.2 Å². The lowest BCUT2D eigenvalue weighted by Crippen LogP contribution is -2.07. The predicted octanol–water partition coefficient (Wildman–Crippen LogP) is 4.87. The number of fused-ring (bicyclic) bond motifs is 1. The van der Waals surface area contributed by atoms with Gasteiger partial charge in [-0.3, -0.25) is 9.36 Å². The fraction of sp³-hybridized carbons (Fsp3) is 0.364. The minimum absolute atomic E-state index is 0.218. The van der Waals surface area contributed by atoms with Crippen molar-refractivity contribution in [3.05, 3.63) is 48.5 Å². The topological polar surface area (TPSA) is 76.4 Å². The lowest BCUT2D eigenvalue weighted by atomic mass is 10.2. The number of rotatable bonds is 11. The number of unbranched alkanes of at least 4 members (excludes halogenated alkanes) is 2. The summed E-state index contributed by atoms with van der Waals surface area (Å²) in [5.74, 6) is 0.881. The molecule has 2 aromatic carbocycles. The van der Waals surface area contributed by atoms with Gasteiger partial charge in [0.05, 0.1) is 17.6 Å². The van der Waals surface area contributed by atoms with Crippen molar-refractivity contribution < 1.29 is 14.6 Å². The lowest BCUT2D eigenvalue weighted by Gasteiger charge is -2.11. The van der Waals surface area contributed by atoms with Gasteiger partial charge < -0.3 is 15.2 Å². The minimum atomic E-state index is -0.743. The smallest absolute Gasteiger partial charge is 0.303 e. The second kappa shape index (κ2) is 9.78. The molecule has 0 saturated heterocycles. The van der Waals surface area contributed by atoms with Crippen LogP contribution in [-0.4, -0.2) is 33.8 Å². The van der Waals surface area contributed by atoms with Crippen molar-refractivity contribution in [2.24, 2.45) is 0 Å². The Morgan fingerprint density at radius 1 is 1.14 bits per heavy atom. The Hall–Kier alpha value is -3.02. The number of anilines is 1. The van der Waals surface area contributed by atoms with Gasteiger partial charge >= 0.3 is 5.97 Å². The quantitative estimate of drug-likeness (QED) is 0.463. The maximum atomic E-state index is 10.5. The van der Waals surface area contributed by atoms with Crippen molar-refractivity contribution in [1.82, 2.24) is 9.55 Å². The molecule has 148 valence electrons. The number of hydrogen-bond donors (Lipinski definition) is 2. The van der Waals surface area contributed by atoms with Gasteiger partial charge in [0.15, 0.2) is 0 Å². The van der Waals surface area contributed by atoms with E-state index in [1.807, 2.05) is 36.4 Å². The first kappa shape index (κ1) is 19.7. The molecule has 0 aliphatic heterocycles. The van der Waals surface area contributed by atoms with Crippen LogP contribution in [0.2, 0.25) is 0 Å². The zero-order chi connectivity index (χ0) is 19.8. The van der Waals surface area contributed by atoms with Crippen molar-refractivity contribution in [1.29, 1.82) is 0 Å². The average Bonchev–Trinajstić information content (AvgIpc) is 3.07. The Morgan fingerprint density at radius 3 is 2.71 bits per heavy atom. The Morgan fingerprint density at radius 2 is 1.96 bits per heavy atom. The van der Waals surface area contributed by atoms with Crippen LogP contribution in [0, 0.1) is 0 Å². The van der Waals surface area contributed by atoms with Crippen LogP contribution >= 0.6 is 0 Å². The molecule has 0 fully saturated rings. The van der Waals surface area contributed by atoms with Crippen LogP contribution in [0.15, 0.2) is 48.5 Å². The summed E-state index contributed by atoms with van der Waals surface area (Å²) in [6.45, 7) is 3.56. The SMILES string of the molecule is CCCNc1nc2ccc(OCCCCCC(=O)O)cc2n1-c1ccccc1. The molecule has 0 atom stereocenters. The van der Waals surface area contributed by atoms with Crippen LogP contribution in [0.4, 0.5) is 5.95 Å². The largest absolute Gasteiger partial charge is 0.494 e. The lowest BCUT2D eigenvalue weighted by molar-refractivity contribution is -0.137. The number of nitrogens with one attached hydrogen (secondary N) is 1. The van der Waals surface area contributed by atoms with Gasteiger partial charge in [0, 0.05) is 24.7 Å². The molecule has 0 aliphatic carbocycles. The highest BCUT2D eigenvalue weighted by atomic mass is 16.5. The number of carboxylic acids is 1. The molecule has 0 aliphatic rings. The number of carboxylic acid groups (broad SMARTS) is 1. The number of para-hydroxylation sites is 1. The molecule has 0 bridgehead atoms. The van der Waals surface area contributed by atoms with Crippen molar-refractivity contribution in [2.45, 2.75) is 39.0 Å². The molecule has 2 N–H and O–H groups in total. The summed E-state index contributed by atoms with van der Waals surface area (Å²) in [5, 5.41) is 12.1. The van der Waals surface area contributed by atoms with Crippen LogP contribution in [0.25, 0.3) is 16.7 Å². The average molecular weight is 381 g/mol. The summed E-state index contributed by atoms with van der Waals surface area (Å²) in [7, 11) is 0. The highest BCUT2D eigenvalue weighted by Crippen LogP contribution is 2.28. The fourth-order valence-electron chi connectivity index (χ4n) is 3.08. The number of aromatic nitrogens is 2. The Labute approximate surface area is 165 Å². The van der Waals surface area contributed by atoms with Crippen LogP contribution in [0.5, 0.6) is 5.75 Å². The Kier molecular flexibility index (Phi) is 6.89. The number of nitrogens with zero attached hydrogens (tertiary/aromatic N) is 2. The molecule has 0 spiro atoms. The predicted molar refractivity (Wildman–Crippen MR) is 111 cm³/mol. The van der Waals surface area contributed by atoms with E-state index in [1.54, 1.807) is 0 Å². The molecular formula is C22H27N3O3. The van der Waals surface area contributed by atoms with Gasteiger partial charge in [0.1, 0.15) is 5.75 Å². The molecule has 0 unspecified atom stereocenters. The highest BCUT2D eigenvalue weighted by molar-refractivity contribution is 5.82. The van der Waals surface area contributed by atoms with E-state index in [9.17, 15) is 4.79 Å². The Balaban J connectivity index is 1.77. The second-order valence-electron chi connectivity index (χ2n) is 6.74. The zero-order valence-electron chi connectivity index (χ0n) is 16.2. The maximum Gasteiger partial charge on any atom is 0.303 e. The van der Waals surface area contributed by atoms with Gasteiger partial charge in [-0.2, -0.15) is 0 Å². The van der Waals surface area contributed by atoms with Crippen molar-refractivity contribution in [3.8, 4) is 11.4 Å². The normalized spacial score (nSPS) is 10.9. The molecule has 3 aromatic rings. The third kappa shape index (κ3) is 5.03. The summed E-state index contributed by atoms with van der Waals surface area (Å²) in [6, 6.07) is 16.1. The third-order valence-electron chi connectivity index (χ3n) is 4.48. The summed E-state index contributed by atoms with van der Waals surface area (Å²) in [6.07, 6.45) is 3.61. The molecule has 6 nitrogen and oxygen atoms in total. The molecule has 3 rings (SSSR count). The molecule has 1 heterocycles. The first-order chi connectivity index (χ1) is 13.7. The first-order valence-electron chi connectivity index (χ1n) is 9.85. The van der Waals surface area contributed by atoms with Gasteiger partial charge in [-0.25, -0.2) is 4.98 Å². The van der Waals surface area contributed by atoms with Crippen molar-refractivity contribution in [2.75, 3.05) is 18.5 Å². The minimum Gasteiger partial charge on any atom is -0.494 e. The standard InChI is InChI=1S/C22H27N3O3/c1-2-14-23-22-24-19-13-12-18(28-15-8-4-7-11-21(26)27)16-20(19)25(22)17-9-5-3-6-10-17/h3,5-6,9-10,12-13,16H,2,4,7-8,11,14-15H2,1H3,(H,23,24)(H,26,27). The monoisotopic (exact) mass is 381 g/mol. The van der Waals surface area contributed by atoms with Crippen molar-refractivity contribution >= 4 is 23.0 Å². The summed E-state index contributed by atoms with van der Waals surface area (Å²) in [4.78, 5) is 15.3. The summed E-state index contributed by atoms with van der Waals surface area (Å²) in [5.41, 5.74) is 2.96. The second-order valence-corrected chi connectivity index (χ2v) is 6.74. The van der Waals surface area contributed by atoms with Gasteiger partial charge in [-0.05, 0) is 49.9 Å². The van der Waals surface area contributed by atoms with Crippen LogP contribution in [0.1, 0.15) is 39.0 Å². The number of aliphatic carboxylic acids is 1. The molecule has 0 saturated carbocycles. The van der Waals surface area contributed by atoms with Crippen LogP contribution in [0.3, 0.4) is 0 Å². The molecule has 0 amide bonds. The van der Waals surface area contributed by atoms with Gasteiger partial charge in [-0.15, -0.1) is 0 Å². The molecule has 6 heteroatoms. The Bertz CT molecular complexity index is 906. The number of ether oxygens (including phenoxy) is 1. The van der Waals surface area contributed by atoms with Crippen LogP contribution < -0.4 is 10.1 Å². The summed E-state index contributed by atoms with van der Waals surface area (Å²) < 4.78 is 8.01. The third-order valence-corrected chi connectivity index (χ3v) is 4.48. The molecule has 0 radical (unpaired) electrons.